The molecule has 0 atom stereocenters. The fourth-order valence-electron chi connectivity index (χ4n) is 3.01. The van der Waals surface area contributed by atoms with Gasteiger partial charge in [-0.3, -0.25) is 14.4 Å². The van der Waals surface area contributed by atoms with E-state index in [2.05, 4.69) is 4.99 Å². The van der Waals surface area contributed by atoms with E-state index in [-0.39, 0.29) is 27.7 Å². The van der Waals surface area contributed by atoms with Gasteiger partial charge in [-0.25, -0.2) is 8.42 Å². The van der Waals surface area contributed by atoms with Gasteiger partial charge in [0.2, 0.25) is 9.84 Å². The van der Waals surface area contributed by atoms with Crippen LogP contribution in [0.4, 0.5) is 5.69 Å². The van der Waals surface area contributed by atoms with Crippen molar-refractivity contribution in [3.8, 4) is 11.9 Å². The number of nitrogens with zero attached hydrogens (tertiary/aromatic N) is 3. The van der Waals surface area contributed by atoms with Crippen LogP contribution in [0.3, 0.4) is 0 Å². The van der Waals surface area contributed by atoms with Gasteiger partial charge in [0.1, 0.15) is 11.6 Å². The molecule has 30 heavy (non-hydrogen) atoms. The number of nitriles is 1. The van der Waals surface area contributed by atoms with Crippen molar-refractivity contribution < 1.29 is 13.5 Å². The molecular formula is C22H19N3O4S. The van der Waals surface area contributed by atoms with Gasteiger partial charge in [-0.1, -0.05) is 18.2 Å². The summed E-state index contributed by atoms with van der Waals surface area (Å²) in [6.45, 7) is 1.60. The largest absolute Gasteiger partial charge is 0.494 e. The van der Waals surface area contributed by atoms with Crippen LogP contribution >= 0.6 is 0 Å². The Balaban J connectivity index is 1.83. The summed E-state index contributed by atoms with van der Waals surface area (Å²) in [5.41, 5.74) is 0.802. The highest BCUT2D eigenvalue weighted by molar-refractivity contribution is 7.91. The summed E-state index contributed by atoms with van der Waals surface area (Å²) in [5, 5.41) is 19.4. The molecule has 0 aliphatic carbocycles. The molecule has 3 aromatic rings. The Labute approximate surface area is 174 Å². The first kappa shape index (κ1) is 21.0. The maximum atomic E-state index is 12.6. The van der Waals surface area contributed by atoms with Crippen molar-refractivity contribution in [2.45, 2.75) is 23.1 Å². The SMILES string of the molecule is Cc1c(CC=Nc2ccc(S(=O)(=O)c3ccccc3)cc2)c(O)n(C)c(=O)c1C#N. The Kier molecular flexibility index (Phi) is 5.85. The van der Waals surface area contributed by atoms with Crippen LogP contribution in [0.15, 0.2) is 74.2 Å². The first-order valence-corrected chi connectivity index (χ1v) is 10.5. The molecule has 0 aliphatic heterocycles. The van der Waals surface area contributed by atoms with Crippen molar-refractivity contribution >= 4 is 21.7 Å². The fraction of sp³-hybridized carbons (Fsp3) is 0.136. The second-order valence-electron chi connectivity index (χ2n) is 6.60. The average Bonchev–Trinajstić information content (AvgIpc) is 2.76. The Hall–Kier alpha value is -3.70. The van der Waals surface area contributed by atoms with Crippen LogP contribution in [0.1, 0.15) is 16.7 Å². The lowest BCUT2D eigenvalue weighted by Gasteiger charge is -2.11. The number of aromatic nitrogens is 1. The average molecular weight is 421 g/mol. The zero-order chi connectivity index (χ0) is 21.9. The molecule has 0 aliphatic rings. The molecule has 0 bridgehead atoms. The predicted octanol–water partition coefficient (Wildman–Crippen LogP) is 3.05. The zero-order valence-electron chi connectivity index (χ0n) is 16.4. The molecule has 0 saturated carbocycles. The van der Waals surface area contributed by atoms with E-state index in [1.165, 1.54) is 25.4 Å². The van der Waals surface area contributed by atoms with E-state index in [9.17, 15) is 23.6 Å². The Morgan fingerprint density at radius 1 is 1.10 bits per heavy atom. The second kappa shape index (κ2) is 8.35. The molecule has 0 unspecified atom stereocenters. The maximum Gasteiger partial charge on any atom is 0.271 e. The highest BCUT2D eigenvalue weighted by Gasteiger charge is 2.17. The first-order chi connectivity index (χ1) is 14.3. The van der Waals surface area contributed by atoms with Gasteiger partial charge in [-0.2, -0.15) is 5.26 Å². The summed E-state index contributed by atoms with van der Waals surface area (Å²) in [4.78, 5) is 16.7. The van der Waals surface area contributed by atoms with Gasteiger partial charge in [0.05, 0.1) is 15.5 Å². The third-order valence-electron chi connectivity index (χ3n) is 4.78. The summed E-state index contributed by atoms with van der Waals surface area (Å²) in [7, 11) is -2.20. The molecule has 0 fully saturated rings. The third kappa shape index (κ3) is 3.88. The number of rotatable bonds is 5. The number of hydrogen-bond donors (Lipinski definition) is 1. The van der Waals surface area contributed by atoms with Gasteiger partial charge in [0.15, 0.2) is 5.88 Å². The van der Waals surface area contributed by atoms with E-state index < -0.39 is 15.4 Å². The summed E-state index contributed by atoms with van der Waals surface area (Å²) in [5.74, 6) is -0.216. The molecule has 1 N–H and O–H groups in total. The number of hydrogen-bond acceptors (Lipinski definition) is 6. The topological polar surface area (TPSA) is 113 Å². The smallest absolute Gasteiger partial charge is 0.271 e. The van der Waals surface area contributed by atoms with Crippen molar-refractivity contribution in [2.24, 2.45) is 12.0 Å². The van der Waals surface area contributed by atoms with Crippen molar-refractivity contribution in [3.63, 3.8) is 0 Å². The molecule has 0 radical (unpaired) electrons. The van der Waals surface area contributed by atoms with Gasteiger partial charge in [0, 0.05) is 25.2 Å². The standard InChI is InChI=1S/C22H19N3O4S/c1-15-19(21(26)25(2)22(27)20(15)14-23)12-13-24-16-8-10-18(11-9-16)30(28,29)17-6-4-3-5-7-17/h3-11,13,26H,12H2,1-2H3. The van der Waals surface area contributed by atoms with E-state index in [0.29, 0.717) is 16.8 Å². The Bertz CT molecular complexity index is 1320. The van der Waals surface area contributed by atoms with Gasteiger partial charge < -0.3 is 5.11 Å². The number of sulfone groups is 1. The zero-order valence-corrected chi connectivity index (χ0v) is 17.2. The molecule has 0 saturated heterocycles. The normalized spacial score (nSPS) is 11.5. The number of pyridine rings is 1. The summed E-state index contributed by atoms with van der Waals surface area (Å²) in [6, 6.07) is 16.2. The van der Waals surface area contributed by atoms with Crippen molar-refractivity contribution in [1.29, 1.82) is 5.26 Å². The molecule has 2 aromatic carbocycles. The molecule has 1 heterocycles. The molecule has 7 nitrogen and oxygen atoms in total. The molecular weight excluding hydrogens is 402 g/mol. The van der Waals surface area contributed by atoms with Crippen LogP contribution in [0, 0.1) is 18.3 Å². The van der Waals surface area contributed by atoms with E-state index in [4.69, 9.17) is 0 Å². The minimum Gasteiger partial charge on any atom is -0.494 e. The van der Waals surface area contributed by atoms with Crippen molar-refractivity contribution in [1.82, 2.24) is 4.57 Å². The molecule has 0 spiro atoms. The monoisotopic (exact) mass is 421 g/mol. The van der Waals surface area contributed by atoms with E-state index in [0.717, 1.165) is 4.57 Å². The molecule has 8 heteroatoms. The van der Waals surface area contributed by atoms with E-state index >= 15 is 0 Å². The summed E-state index contributed by atoms with van der Waals surface area (Å²) in [6.07, 6.45) is 1.74. The highest BCUT2D eigenvalue weighted by Crippen LogP contribution is 2.24. The molecule has 0 amide bonds. The van der Waals surface area contributed by atoms with Crippen LogP contribution in [0.25, 0.3) is 0 Å². The number of aromatic hydroxyl groups is 1. The Morgan fingerprint density at radius 3 is 2.30 bits per heavy atom. The lowest BCUT2D eigenvalue weighted by molar-refractivity contribution is 0.417. The number of aliphatic imine (C=N–C) groups is 1. The van der Waals surface area contributed by atoms with Crippen LogP contribution in [0.2, 0.25) is 0 Å². The lowest BCUT2D eigenvalue weighted by atomic mass is 10.0. The van der Waals surface area contributed by atoms with Crippen LogP contribution in [0.5, 0.6) is 5.88 Å². The minimum atomic E-state index is -3.59. The summed E-state index contributed by atoms with van der Waals surface area (Å²) < 4.78 is 26.3. The van der Waals surface area contributed by atoms with Crippen molar-refractivity contribution in [2.75, 3.05) is 0 Å². The molecule has 152 valence electrons. The first-order valence-electron chi connectivity index (χ1n) is 9.01. The van der Waals surface area contributed by atoms with Crippen LogP contribution < -0.4 is 5.56 Å². The maximum absolute atomic E-state index is 12.6. The van der Waals surface area contributed by atoms with E-state index in [1.54, 1.807) is 49.4 Å². The fourth-order valence-corrected chi connectivity index (χ4v) is 4.29. The van der Waals surface area contributed by atoms with Gasteiger partial charge >= 0.3 is 0 Å². The Morgan fingerprint density at radius 2 is 1.70 bits per heavy atom. The number of benzene rings is 2. The van der Waals surface area contributed by atoms with E-state index in [1.807, 2.05) is 6.07 Å². The van der Waals surface area contributed by atoms with Crippen LogP contribution in [-0.4, -0.2) is 24.3 Å². The molecule has 1 aromatic heterocycles. The second-order valence-corrected chi connectivity index (χ2v) is 8.55. The van der Waals surface area contributed by atoms with Crippen LogP contribution in [-0.2, 0) is 23.3 Å². The van der Waals surface area contributed by atoms with Gasteiger partial charge in [-0.05, 0) is 48.9 Å². The third-order valence-corrected chi connectivity index (χ3v) is 6.57. The molecule has 3 rings (SSSR count). The predicted molar refractivity (Wildman–Crippen MR) is 113 cm³/mol. The quantitative estimate of drug-likeness (QED) is 0.636. The lowest BCUT2D eigenvalue weighted by Crippen LogP contribution is -2.22. The van der Waals surface area contributed by atoms with Crippen molar-refractivity contribution in [3.05, 3.63) is 81.6 Å². The highest BCUT2D eigenvalue weighted by atomic mass is 32.2. The van der Waals surface area contributed by atoms with Gasteiger partial charge in [-0.15, -0.1) is 0 Å². The minimum absolute atomic E-state index is 0.0193. The summed E-state index contributed by atoms with van der Waals surface area (Å²) >= 11 is 0. The van der Waals surface area contributed by atoms with Gasteiger partial charge in [0.25, 0.3) is 5.56 Å².